The molecule has 1 N–H and O–H groups in total. The van der Waals surface area contributed by atoms with Crippen LogP contribution in [0, 0.1) is 0 Å². The summed E-state index contributed by atoms with van der Waals surface area (Å²) >= 11 is 1.85. The number of hydrogen-bond donors (Lipinski definition) is 1. The number of thioether (sulfide) groups is 1. The third kappa shape index (κ3) is 2.88. The molecule has 0 saturated carbocycles. The Kier molecular flexibility index (Phi) is 3.49. The number of nitrogens with one attached hydrogen (secondary N) is 1. The number of hydrogen-bond acceptors (Lipinski definition) is 4. The maximum atomic E-state index is 4.35. The van der Waals surface area contributed by atoms with E-state index in [2.05, 4.69) is 15.2 Å². The predicted molar refractivity (Wildman–Crippen MR) is 58.4 cm³/mol. The van der Waals surface area contributed by atoms with E-state index in [1.165, 1.54) is 32.5 Å². The number of likely N-dealkylation sites (tertiary alicyclic amines) is 1. The van der Waals surface area contributed by atoms with Crippen LogP contribution in [-0.4, -0.2) is 48.5 Å². The highest BCUT2D eigenvalue weighted by atomic mass is 32.2. The van der Waals surface area contributed by atoms with Crippen molar-refractivity contribution in [3.8, 4) is 0 Å². The van der Waals surface area contributed by atoms with Gasteiger partial charge in [-0.05, 0) is 25.9 Å². The van der Waals surface area contributed by atoms with Crippen molar-refractivity contribution < 1.29 is 0 Å². The molecule has 13 heavy (non-hydrogen) atoms. The van der Waals surface area contributed by atoms with Crippen LogP contribution >= 0.6 is 11.8 Å². The first-order valence-electron chi connectivity index (χ1n) is 5.08. The Balaban J connectivity index is 1.57. The highest BCUT2D eigenvalue weighted by Crippen LogP contribution is 2.09. The summed E-state index contributed by atoms with van der Waals surface area (Å²) in [7, 11) is 0. The average Bonchev–Trinajstić information content (AvgIpc) is 2.75. The molecular weight excluding hydrogens is 182 g/mol. The topological polar surface area (TPSA) is 27.6 Å². The van der Waals surface area contributed by atoms with Gasteiger partial charge >= 0.3 is 0 Å². The van der Waals surface area contributed by atoms with Crippen molar-refractivity contribution in [3.63, 3.8) is 0 Å². The van der Waals surface area contributed by atoms with E-state index in [-0.39, 0.29) is 0 Å². The molecule has 2 rings (SSSR count). The second-order valence-corrected chi connectivity index (χ2v) is 4.59. The lowest BCUT2D eigenvalue weighted by atomic mass is 10.4. The van der Waals surface area contributed by atoms with Crippen LogP contribution < -0.4 is 5.32 Å². The van der Waals surface area contributed by atoms with Gasteiger partial charge < -0.3 is 10.2 Å². The molecule has 4 heteroatoms. The Morgan fingerprint density at radius 2 is 2.23 bits per heavy atom. The van der Waals surface area contributed by atoms with Crippen molar-refractivity contribution in [1.29, 1.82) is 0 Å². The molecule has 0 aromatic heterocycles. The smallest absolute Gasteiger partial charge is 0.156 e. The molecule has 0 aromatic rings. The fourth-order valence-corrected chi connectivity index (χ4v) is 2.53. The van der Waals surface area contributed by atoms with Crippen molar-refractivity contribution in [2.24, 2.45) is 4.99 Å². The molecule has 0 amide bonds. The quantitative estimate of drug-likeness (QED) is 0.728. The summed E-state index contributed by atoms with van der Waals surface area (Å²) in [5.74, 6) is 1.16. The van der Waals surface area contributed by atoms with E-state index in [4.69, 9.17) is 0 Å². The van der Waals surface area contributed by atoms with Crippen molar-refractivity contribution in [2.45, 2.75) is 12.8 Å². The van der Waals surface area contributed by atoms with E-state index >= 15 is 0 Å². The van der Waals surface area contributed by atoms with E-state index < -0.39 is 0 Å². The molecule has 0 bridgehead atoms. The summed E-state index contributed by atoms with van der Waals surface area (Å²) < 4.78 is 0. The van der Waals surface area contributed by atoms with Gasteiger partial charge in [0.05, 0.1) is 6.54 Å². The largest absolute Gasteiger partial charge is 0.364 e. The second kappa shape index (κ2) is 4.86. The van der Waals surface area contributed by atoms with Crippen LogP contribution in [0.2, 0.25) is 0 Å². The fraction of sp³-hybridized carbons (Fsp3) is 0.889. The monoisotopic (exact) mass is 199 g/mol. The molecule has 74 valence electrons. The average molecular weight is 199 g/mol. The normalized spacial score (nSPS) is 23.5. The molecule has 0 unspecified atom stereocenters. The van der Waals surface area contributed by atoms with Gasteiger partial charge in [0.2, 0.25) is 0 Å². The van der Waals surface area contributed by atoms with Gasteiger partial charge in [0.25, 0.3) is 0 Å². The van der Waals surface area contributed by atoms with E-state index in [1.807, 2.05) is 11.8 Å². The first-order chi connectivity index (χ1) is 6.45. The summed E-state index contributed by atoms with van der Waals surface area (Å²) in [5.41, 5.74) is 0. The van der Waals surface area contributed by atoms with E-state index in [0.717, 1.165) is 24.0 Å². The Labute approximate surface area is 84.0 Å². The van der Waals surface area contributed by atoms with Crippen molar-refractivity contribution in [1.82, 2.24) is 10.2 Å². The molecule has 2 heterocycles. The molecule has 2 aliphatic rings. The maximum Gasteiger partial charge on any atom is 0.156 e. The third-order valence-electron chi connectivity index (χ3n) is 2.49. The van der Waals surface area contributed by atoms with E-state index in [1.54, 1.807) is 0 Å². The van der Waals surface area contributed by atoms with Gasteiger partial charge in [-0.3, -0.25) is 4.99 Å². The van der Waals surface area contributed by atoms with Crippen molar-refractivity contribution in [3.05, 3.63) is 0 Å². The van der Waals surface area contributed by atoms with Gasteiger partial charge in [0.1, 0.15) is 0 Å². The highest BCUT2D eigenvalue weighted by molar-refractivity contribution is 8.14. The van der Waals surface area contributed by atoms with Crippen LogP contribution in [0.3, 0.4) is 0 Å². The molecule has 0 atom stereocenters. The second-order valence-electron chi connectivity index (χ2n) is 3.51. The first kappa shape index (κ1) is 9.34. The molecular formula is C9H17N3S. The Hall–Kier alpha value is -0.220. The summed E-state index contributed by atoms with van der Waals surface area (Å²) in [6, 6.07) is 0. The molecule has 2 aliphatic heterocycles. The molecule has 0 spiro atoms. The van der Waals surface area contributed by atoms with Crippen LogP contribution in [0.15, 0.2) is 4.99 Å². The predicted octanol–water partition coefficient (Wildman–Crippen LogP) is 0.775. The lowest BCUT2D eigenvalue weighted by Crippen LogP contribution is -2.31. The van der Waals surface area contributed by atoms with Crippen LogP contribution in [0.25, 0.3) is 0 Å². The van der Waals surface area contributed by atoms with Gasteiger partial charge in [-0.25, -0.2) is 0 Å². The molecule has 0 aromatic carbocycles. The molecule has 0 aliphatic carbocycles. The Morgan fingerprint density at radius 1 is 1.38 bits per heavy atom. The van der Waals surface area contributed by atoms with Crippen LogP contribution in [0.1, 0.15) is 12.8 Å². The van der Waals surface area contributed by atoms with Crippen molar-refractivity contribution in [2.75, 3.05) is 38.5 Å². The number of rotatable bonds is 3. The lowest BCUT2D eigenvalue weighted by molar-refractivity contribution is 0.344. The fourth-order valence-electron chi connectivity index (χ4n) is 1.77. The standard InChI is InChI=1S/C9H17N3S/c1-2-6-12(5-1)7-3-10-9-11-4-8-13-9/h1-8H2,(H,10,11). The third-order valence-corrected chi connectivity index (χ3v) is 3.42. The maximum absolute atomic E-state index is 4.35. The number of nitrogens with zero attached hydrogens (tertiary/aromatic N) is 2. The summed E-state index contributed by atoms with van der Waals surface area (Å²) in [5, 5.41) is 4.53. The zero-order valence-electron chi connectivity index (χ0n) is 7.96. The minimum Gasteiger partial charge on any atom is -0.364 e. The first-order valence-corrected chi connectivity index (χ1v) is 6.07. The van der Waals surface area contributed by atoms with Crippen LogP contribution in [0.4, 0.5) is 0 Å². The number of amidine groups is 1. The Bertz CT molecular complexity index is 187. The van der Waals surface area contributed by atoms with E-state index in [9.17, 15) is 0 Å². The summed E-state index contributed by atoms with van der Waals surface area (Å²) in [4.78, 5) is 6.87. The van der Waals surface area contributed by atoms with E-state index in [0.29, 0.717) is 0 Å². The molecule has 0 radical (unpaired) electrons. The van der Waals surface area contributed by atoms with Crippen molar-refractivity contribution >= 4 is 16.9 Å². The highest BCUT2D eigenvalue weighted by Gasteiger charge is 2.11. The molecule has 1 fully saturated rings. The zero-order valence-corrected chi connectivity index (χ0v) is 8.78. The number of aliphatic imine (C=N–C) groups is 1. The van der Waals surface area contributed by atoms with Gasteiger partial charge in [-0.15, -0.1) is 0 Å². The van der Waals surface area contributed by atoms with Gasteiger partial charge in [-0.1, -0.05) is 11.8 Å². The zero-order chi connectivity index (χ0) is 8.93. The minimum atomic E-state index is 0.997. The van der Waals surface area contributed by atoms with Crippen LogP contribution in [0.5, 0.6) is 0 Å². The van der Waals surface area contributed by atoms with Gasteiger partial charge in [0.15, 0.2) is 5.17 Å². The molecule has 3 nitrogen and oxygen atoms in total. The summed E-state index contributed by atoms with van der Waals surface area (Å²) in [6.07, 6.45) is 2.77. The molecule has 1 saturated heterocycles. The van der Waals surface area contributed by atoms with Crippen LogP contribution in [-0.2, 0) is 0 Å². The van der Waals surface area contributed by atoms with Gasteiger partial charge in [-0.2, -0.15) is 0 Å². The summed E-state index contributed by atoms with van der Waals surface area (Å²) in [6.45, 7) is 5.82. The Morgan fingerprint density at radius 3 is 2.92 bits per heavy atom. The van der Waals surface area contributed by atoms with Gasteiger partial charge in [0, 0.05) is 18.8 Å². The SMILES string of the molecule is C1CCN(CCNC2=NCCS2)C1. The minimum absolute atomic E-state index is 0.997. The lowest BCUT2D eigenvalue weighted by Gasteiger charge is -2.14.